The fourth-order valence-corrected chi connectivity index (χ4v) is 3.04. The number of esters is 1. The lowest BCUT2D eigenvalue weighted by molar-refractivity contribution is -0.119. The van der Waals surface area contributed by atoms with Crippen molar-refractivity contribution in [3.8, 4) is 11.5 Å². The fraction of sp³-hybridized carbons (Fsp3) is 0.294. The largest absolute Gasteiger partial charge is 0.497 e. The first kappa shape index (κ1) is 17.8. The van der Waals surface area contributed by atoms with Crippen molar-refractivity contribution in [2.45, 2.75) is 13.8 Å². The summed E-state index contributed by atoms with van der Waals surface area (Å²) in [7, 11) is 3.03. The maximum Gasteiger partial charge on any atom is 0.339 e. The summed E-state index contributed by atoms with van der Waals surface area (Å²) in [4.78, 5) is 25.9. The summed E-state index contributed by atoms with van der Waals surface area (Å²) in [6.07, 6.45) is 0. The first-order valence-corrected chi connectivity index (χ1v) is 8.02. The Labute approximate surface area is 144 Å². The number of carbonyl (C=O) groups excluding carboxylic acids is 2. The van der Waals surface area contributed by atoms with Gasteiger partial charge in [0.05, 0.1) is 25.5 Å². The van der Waals surface area contributed by atoms with Crippen LogP contribution in [0.2, 0.25) is 0 Å². The van der Waals surface area contributed by atoms with E-state index in [-0.39, 0.29) is 6.61 Å². The second kappa shape index (κ2) is 7.83. The summed E-state index contributed by atoms with van der Waals surface area (Å²) >= 11 is 1.51. The van der Waals surface area contributed by atoms with Gasteiger partial charge in [0.25, 0.3) is 5.91 Å². The van der Waals surface area contributed by atoms with E-state index in [2.05, 4.69) is 5.32 Å². The van der Waals surface area contributed by atoms with Crippen LogP contribution in [0.15, 0.2) is 24.3 Å². The van der Waals surface area contributed by atoms with Crippen LogP contribution in [0.5, 0.6) is 11.5 Å². The average molecular weight is 349 g/mol. The van der Waals surface area contributed by atoms with Crippen molar-refractivity contribution in [3.05, 3.63) is 39.6 Å². The standard InChI is InChI=1S/C17H19NO5S/c1-10-7-13(11(2)24-10)17(20)23-9-16(19)18-14-6-5-12(21-3)8-15(14)22-4/h5-8H,9H2,1-4H3,(H,18,19). The summed E-state index contributed by atoms with van der Waals surface area (Å²) < 4.78 is 15.4. The Morgan fingerprint density at radius 1 is 1.12 bits per heavy atom. The zero-order valence-electron chi connectivity index (χ0n) is 14.0. The van der Waals surface area contributed by atoms with E-state index in [0.717, 1.165) is 9.75 Å². The molecule has 1 N–H and O–H groups in total. The Morgan fingerprint density at radius 3 is 2.46 bits per heavy atom. The van der Waals surface area contributed by atoms with Gasteiger partial charge in [0, 0.05) is 15.8 Å². The third-order valence-corrected chi connectivity index (χ3v) is 4.24. The molecule has 0 unspecified atom stereocenters. The molecule has 0 saturated carbocycles. The van der Waals surface area contributed by atoms with Gasteiger partial charge in [-0.2, -0.15) is 0 Å². The molecule has 0 fully saturated rings. The number of aryl methyl sites for hydroxylation is 2. The topological polar surface area (TPSA) is 73.9 Å². The Bertz CT molecular complexity index is 753. The maximum absolute atomic E-state index is 12.0. The summed E-state index contributed by atoms with van der Waals surface area (Å²) in [6.45, 7) is 3.38. The van der Waals surface area contributed by atoms with Crippen LogP contribution in [0.25, 0.3) is 0 Å². The van der Waals surface area contributed by atoms with Gasteiger partial charge >= 0.3 is 5.97 Å². The summed E-state index contributed by atoms with van der Waals surface area (Å²) in [6, 6.07) is 6.76. The van der Waals surface area contributed by atoms with E-state index >= 15 is 0 Å². The van der Waals surface area contributed by atoms with E-state index in [1.165, 1.54) is 18.4 Å². The van der Waals surface area contributed by atoms with E-state index in [9.17, 15) is 9.59 Å². The van der Waals surface area contributed by atoms with Crippen molar-refractivity contribution < 1.29 is 23.8 Å². The molecule has 0 aliphatic heterocycles. The highest BCUT2D eigenvalue weighted by molar-refractivity contribution is 7.12. The van der Waals surface area contributed by atoms with E-state index in [1.807, 2.05) is 13.8 Å². The summed E-state index contributed by atoms with van der Waals surface area (Å²) in [5.74, 6) is 0.114. The third-order valence-electron chi connectivity index (χ3n) is 3.28. The number of ether oxygens (including phenoxy) is 3. The molecule has 6 nitrogen and oxygen atoms in total. The van der Waals surface area contributed by atoms with Gasteiger partial charge in [0.2, 0.25) is 0 Å². The first-order chi connectivity index (χ1) is 11.4. The Kier molecular flexibility index (Phi) is 5.81. The second-order valence-corrected chi connectivity index (χ2v) is 6.48. The lowest BCUT2D eigenvalue weighted by atomic mass is 10.2. The van der Waals surface area contributed by atoms with E-state index in [1.54, 1.807) is 31.4 Å². The van der Waals surface area contributed by atoms with Gasteiger partial charge < -0.3 is 19.5 Å². The molecule has 1 aromatic heterocycles. The van der Waals surface area contributed by atoms with Gasteiger partial charge in [-0.05, 0) is 32.0 Å². The normalized spacial score (nSPS) is 10.2. The summed E-state index contributed by atoms with van der Waals surface area (Å²) in [5, 5.41) is 2.65. The SMILES string of the molecule is COc1ccc(NC(=O)COC(=O)c2cc(C)sc2C)c(OC)c1. The van der Waals surface area contributed by atoms with Crippen LogP contribution in [-0.4, -0.2) is 32.7 Å². The zero-order valence-corrected chi connectivity index (χ0v) is 14.8. The molecule has 1 heterocycles. The molecular formula is C17H19NO5S. The van der Waals surface area contributed by atoms with Crippen LogP contribution in [0, 0.1) is 13.8 Å². The number of thiophene rings is 1. The predicted octanol–water partition coefficient (Wildman–Crippen LogP) is 3.18. The number of rotatable bonds is 6. The van der Waals surface area contributed by atoms with Gasteiger partial charge in [-0.3, -0.25) is 4.79 Å². The Morgan fingerprint density at radius 2 is 1.88 bits per heavy atom. The highest BCUT2D eigenvalue weighted by Crippen LogP contribution is 2.29. The zero-order chi connectivity index (χ0) is 17.7. The van der Waals surface area contributed by atoms with Gasteiger partial charge in [0.15, 0.2) is 6.61 Å². The monoisotopic (exact) mass is 349 g/mol. The molecule has 0 aliphatic rings. The molecule has 0 aliphatic carbocycles. The smallest absolute Gasteiger partial charge is 0.339 e. The highest BCUT2D eigenvalue weighted by Gasteiger charge is 2.16. The Balaban J connectivity index is 1.96. The number of carbonyl (C=O) groups is 2. The number of benzene rings is 1. The van der Waals surface area contributed by atoms with E-state index < -0.39 is 11.9 Å². The number of anilines is 1. The molecular weight excluding hydrogens is 330 g/mol. The minimum Gasteiger partial charge on any atom is -0.497 e. The number of amides is 1. The molecule has 1 aromatic carbocycles. The van der Waals surface area contributed by atoms with Gasteiger partial charge in [-0.15, -0.1) is 11.3 Å². The van der Waals surface area contributed by atoms with Gasteiger partial charge in [-0.1, -0.05) is 0 Å². The molecule has 0 atom stereocenters. The Hall–Kier alpha value is -2.54. The highest BCUT2D eigenvalue weighted by atomic mass is 32.1. The predicted molar refractivity (Wildman–Crippen MR) is 92.3 cm³/mol. The third kappa shape index (κ3) is 4.26. The first-order valence-electron chi connectivity index (χ1n) is 7.20. The second-order valence-electron chi connectivity index (χ2n) is 5.02. The van der Waals surface area contributed by atoms with Crippen LogP contribution in [0.3, 0.4) is 0 Å². The van der Waals surface area contributed by atoms with Crippen LogP contribution >= 0.6 is 11.3 Å². The van der Waals surface area contributed by atoms with Crippen LogP contribution in [-0.2, 0) is 9.53 Å². The fourth-order valence-electron chi connectivity index (χ4n) is 2.13. The van der Waals surface area contributed by atoms with Crippen LogP contribution in [0.1, 0.15) is 20.1 Å². The number of methoxy groups -OCH3 is 2. The van der Waals surface area contributed by atoms with Crippen molar-refractivity contribution in [2.75, 3.05) is 26.1 Å². The lowest BCUT2D eigenvalue weighted by Crippen LogP contribution is -2.21. The molecule has 1 amide bonds. The number of hydrogen-bond donors (Lipinski definition) is 1. The van der Waals surface area contributed by atoms with Crippen molar-refractivity contribution in [3.63, 3.8) is 0 Å². The number of nitrogens with one attached hydrogen (secondary N) is 1. The molecule has 2 rings (SSSR count). The van der Waals surface area contributed by atoms with Gasteiger partial charge in [0.1, 0.15) is 11.5 Å². The van der Waals surface area contributed by atoms with Crippen LogP contribution < -0.4 is 14.8 Å². The molecule has 7 heteroatoms. The van der Waals surface area contributed by atoms with Crippen LogP contribution in [0.4, 0.5) is 5.69 Å². The molecule has 24 heavy (non-hydrogen) atoms. The molecule has 0 radical (unpaired) electrons. The lowest BCUT2D eigenvalue weighted by Gasteiger charge is -2.11. The number of hydrogen-bond acceptors (Lipinski definition) is 6. The minimum absolute atomic E-state index is 0.373. The molecule has 128 valence electrons. The van der Waals surface area contributed by atoms with Crippen molar-refractivity contribution in [2.24, 2.45) is 0 Å². The molecule has 0 bridgehead atoms. The van der Waals surface area contributed by atoms with E-state index in [0.29, 0.717) is 22.7 Å². The minimum atomic E-state index is -0.506. The van der Waals surface area contributed by atoms with Crippen molar-refractivity contribution in [1.29, 1.82) is 0 Å². The maximum atomic E-state index is 12.0. The molecule has 0 spiro atoms. The quantitative estimate of drug-likeness (QED) is 0.811. The van der Waals surface area contributed by atoms with E-state index in [4.69, 9.17) is 14.2 Å². The van der Waals surface area contributed by atoms with Crippen molar-refractivity contribution >= 4 is 28.9 Å². The van der Waals surface area contributed by atoms with Crippen molar-refractivity contribution in [1.82, 2.24) is 0 Å². The average Bonchev–Trinajstić information content (AvgIpc) is 2.91. The molecule has 0 saturated heterocycles. The summed E-state index contributed by atoms with van der Waals surface area (Å²) in [5.41, 5.74) is 0.967. The van der Waals surface area contributed by atoms with Gasteiger partial charge in [-0.25, -0.2) is 4.79 Å². The molecule has 2 aromatic rings.